The first-order valence-electron chi connectivity index (χ1n) is 10.0. The average Bonchev–Trinajstić information content (AvgIpc) is 2.75. The second-order valence-electron chi connectivity index (χ2n) is 7.38. The lowest BCUT2D eigenvalue weighted by Crippen LogP contribution is -2.38. The second kappa shape index (κ2) is 9.93. The van der Waals surface area contributed by atoms with Crippen molar-refractivity contribution in [2.45, 2.75) is 32.8 Å². The highest BCUT2D eigenvalue weighted by atomic mass is 16.6. The van der Waals surface area contributed by atoms with Crippen LogP contribution in [0.4, 0.5) is 0 Å². The summed E-state index contributed by atoms with van der Waals surface area (Å²) < 4.78 is 15.7. The number of carbonyl (C=O) groups is 2. The van der Waals surface area contributed by atoms with Crippen molar-refractivity contribution < 1.29 is 23.5 Å². The number of rotatable bonds is 8. The topological polar surface area (TPSA) is 94.8 Å². The Morgan fingerprint density at radius 1 is 1.06 bits per heavy atom. The number of ether oxygens (including phenoxy) is 2. The molecule has 31 heavy (non-hydrogen) atoms. The summed E-state index contributed by atoms with van der Waals surface area (Å²) in [6.07, 6.45) is -0.948. The molecule has 1 aromatic heterocycles. The van der Waals surface area contributed by atoms with E-state index < -0.39 is 17.7 Å². The van der Waals surface area contributed by atoms with Crippen LogP contribution in [-0.4, -0.2) is 31.1 Å². The fourth-order valence-corrected chi connectivity index (χ4v) is 3.12. The highest BCUT2D eigenvalue weighted by Gasteiger charge is 2.19. The molecule has 0 radical (unpaired) electrons. The van der Waals surface area contributed by atoms with Gasteiger partial charge in [-0.15, -0.1) is 0 Å². The molecule has 7 heteroatoms. The SMILES string of the molecule is Cc1cc(=O)oc2cc(OCC(=O)O[C@@H](C)C(=O)NC[C@H](C)c3ccccc3)ccc12. The van der Waals surface area contributed by atoms with Crippen molar-refractivity contribution in [3.05, 3.63) is 76.1 Å². The number of nitrogens with one attached hydrogen (secondary N) is 1. The van der Waals surface area contributed by atoms with Gasteiger partial charge in [0.25, 0.3) is 5.91 Å². The van der Waals surface area contributed by atoms with Gasteiger partial charge in [0.05, 0.1) is 0 Å². The molecule has 1 amide bonds. The zero-order valence-electron chi connectivity index (χ0n) is 17.7. The number of esters is 1. The van der Waals surface area contributed by atoms with E-state index in [2.05, 4.69) is 5.32 Å². The number of hydrogen-bond donors (Lipinski definition) is 1. The van der Waals surface area contributed by atoms with E-state index >= 15 is 0 Å². The Bertz CT molecular complexity index is 1120. The van der Waals surface area contributed by atoms with Gasteiger partial charge in [-0.1, -0.05) is 37.3 Å². The van der Waals surface area contributed by atoms with E-state index in [1.165, 1.54) is 19.1 Å². The third-order valence-corrected chi connectivity index (χ3v) is 4.91. The Balaban J connectivity index is 1.48. The van der Waals surface area contributed by atoms with E-state index in [-0.39, 0.29) is 18.4 Å². The minimum atomic E-state index is -0.948. The normalized spacial score (nSPS) is 12.7. The summed E-state index contributed by atoms with van der Waals surface area (Å²) in [7, 11) is 0. The van der Waals surface area contributed by atoms with Crippen LogP contribution in [0.2, 0.25) is 0 Å². The molecule has 2 atom stereocenters. The smallest absolute Gasteiger partial charge is 0.344 e. The fraction of sp³-hybridized carbons (Fsp3) is 0.292. The first-order chi connectivity index (χ1) is 14.8. The van der Waals surface area contributed by atoms with Crippen LogP contribution in [0.15, 0.2) is 63.8 Å². The van der Waals surface area contributed by atoms with Crippen LogP contribution in [0.1, 0.15) is 30.9 Å². The van der Waals surface area contributed by atoms with Crippen LogP contribution in [0.3, 0.4) is 0 Å². The van der Waals surface area contributed by atoms with Crippen LogP contribution < -0.4 is 15.7 Å². The van der Waals surface area contributed by atoms with E-state index in [0.717, 1.165) is 16.5 Å². The molecule has 1 N–H and O–H groups in total. The maximum absolute atomic E-state index is 12.2. The molecule has 0 fully saturated rings. The maximum Gasteiger partial charge on any atom is 0.344 e. The van der Waals surface area contributed by atoms with Gasteiger partial charge >= 0.3 is 11.6 Å². The van der Waals surface area contributed by atoms with Crippen LogP contribution in [0.25, 0.3) is 11.0 Å². The van der Waals surface area contributed by atoms with Gasteiger partial charge in [0, 0.05) is 24.1 Å². The van der Waals surface area contributed by atoms with E-state index in [4.69, 9.17) is 13.9 Å². The summed E-state index contributed by atoms with van der Waals surface area (Å²) in [5, 5.41) is 3.57. The van der Waals surface area contributed by atoms with E-state index in [9.17, 15) is 14.4 Å². The average molecular weight is 423 g/mol. The largest absolute Gasteiger partial charge is 0.482 e. The predicted molar refractivity (Wildman–Crippen MR) is 116 cm³/mol. The van der Waals surface area contributed by atoms with Crippen molar-refractivity contribution in [3.8, 4) is 5.75 Å². The first kappa shape index (κ1) is 22.1. The van der Waals surface area contributed by atoms with Crippen molar-refractivity contribution in [2.75, 3.05) is 13.2 Å². The number of amides is 1. The van der Waals surface area contributed by atoms with Gasteiger partial charge in [-0.05, 0) is 43.0 Å². The summed E-state index contributed by atoms with van der Waals surface area (Å²) in [6, 6.07) is 16.2. The number of hydrogen-bond acceptors (Lipinski definition) is 6. The van der Waals surface area contributed by atoms with Gasteiger partial charge in [0.2, 0.25) is 0 Å². The number of aryl methyl sites for hydroxylation is 1. The lowest BCUT2D eigenvalue weighted by Gasteiger charge is -2.17. The number of carbonyl (C=O) groups excluding carboxylic acids is 2. The Morgan fingerprint density at radius 2 is 1.81 bits per heavy atom. The van der Waals surface area contributed by atoms with Gasteiger partial charge in [-0.2, -0.15) is 0 Å². The number of benzene rings is 2. The van der Waals surface area contributed by atoms with Crippen molar-refractivity contribution in [1.82, 2.24) is 5.32 Å². The van der Waals surface area contributed by atoms with Gasteiger partial charge < -0.3 is 19.2 Å². The Kier molecular flexibility index (Phi) is 7.07. The summed E-state index contributed by atoms with van der Waals surface area (Å²) >= 11 is 0. The van der Waals surface area contributed by atoms with Crippen molar-refractivity contribution >= 4 is 22.8 Å². The maximum atomic E-state index is 12.2. The molecule has 3 rings (SSSR count). The molecular formula is C24H25NO6. The van der Waals surface area contributed by atoms with Crippen LogP contribution in [0, 0.1) is 6.92 Å². The lowest BCUT2D eigenvalue weighted by atomic mass is 10.0. The highest BCUT2D eigenvalue weighted by Crippen LogP contribution is 2.22. The summed E-state index contributed by atoms with van der Waals surface area (Å²) in [5.74, 6) is -0.566. The molecule has 0 aliphatic rings. The van der Waals surface area contributed by atoms with Crippen LogP contribution >= 0.6 is 0 Å². The molecule has 2 aromatic carbocycles. The van der Waals surface area contributed by atoms with Gasteiger partial charge in [-0.3, -0.25) is 4.79 Å². The molecule has 1 heterocycles. The van der Waals surface area contributed by atoms with Gasteiger partial charge in [-0.25, -0.2) is 9.59 Å². The lowest BCUT2D eigenvalue weighted by molar-refractivity contribution is -0.156. The molecular weight excluding hydrogens is 398 g/mol. The third kappa shape index (κ3) is 5.94. The molecule has 0 unspecified atom stereocenters. The van der Waals surface area contributed by atoms with Crippen LogP contribution in [-0.2, 0) is 14.3 Å². The standard InChI is InChI=1S/C24H25NO6/c1-15-11-22(26)31-21-12-19(9-10-20(15)21)29-14-23(27)30-17(3)24(28)25-13-16(2)18-7-5-4-6-8-18/h4-12,16-17H,13-14H2,1-3H3,(H,25,28)/t16-,17-/m0/s1. The van der Waals surface area contributed by atoms with Crippen molar-refractivity contribution in [2.24, 2.45) is 0 Å². The molecule has 3 aromatic rings. The van der Waals surface area contributed by atoms with E-state index in [1.807, 2.05) is 44.2 Å². The Hall–Kier alpha value is -3.61. The Morgan fingerprint density at radius 3 is 2.55 bits per heavy atom. The molecule has 162 valence electrons. The third-order valence-electron chi connectivity index (χ3n) is 4.91. The number of fused-ring (bicyclic) bond motifs is 1. The fourth-order valence-electron chi connectivity index (χ4n) is 3.12. The first-order valence-corrected chi connectivity index (χ1v) is 10.0. The summed E-state index contributed by atoms with van der Waals surface area (Å²) in [5.41, 5.74) is 1.82. The van der Waals surface area contributed by atoms with Gasteiger partial charge in [0.15, 0.2) is 12.7 Å². The summed E-state index contributed by atoms with van der Waals surface area (Å²) in [4.78, 5) is 35.8. The van der Waals surface area contributed by atoms with Crippen LogP contribution in [0.5, 0.6) is 5.75 Å². The predicted octanol–water partition coefficient (Wildman–Crippen LogP) is 3.33. The van der Waals surface area contributed by atoms with E-state index in [1.54, 1.807) is 12.1 Å². The zero-order valence-corrected chi connectivity index (χ0v) is 17.7. The molecule has 0 saturated heterocycles. The molecule has 0 aliphatic carbocycles. The minimum Gasteiger partial charge on any atom is -0.482 e. The van der Waals surface area contributed by atoms with Crippen molar-refractivity contribution in [3.63, 3.8) is 0 Å². The quantitative estimate of drug-likeness (QED) is 0.441. The molecule has 0 aliphatic heterocycles. The van der Waals surface area contributed by atoms with E-state index in [0.29, 0.717) is 17.9 Å². The molecule has 0 saturated carbocycles. The second-order valence-corrected chi connectivity index (χ2v) is 7.38. The molecule has 7 nitrogen and oxygen atoms in total. The Labute approximate surface area is 180 Å². The monoisotopic (exact) mass is 423 g/mol. The highest BCUT2D eigenvalue weighted by molar-refractivity contribution is 5.84. The van der Waals surface area contributed by atoms with Crippen molar-refractivity contribution in [1.29, 1.82) is 0 Å². The minimum absolute atomic E-state index is 0.132. The zero-order chi connectivity index (χ0) is 22.4. The molecule has 0 bridgehead atoms. The van der Waals surface area contributed by atoms with Gasteiger partial charge in [0.1, 0.15) is 11.3 Å². The molecule has 0 spiro atoms. The summed E-state index contributed by atoms with van der Waals surface area (Å²) in [6.45, 7) is 5.38.